The van der Waals surface area contributed by atoms with E-state index in [0.29, 0.717) is 25.9 Å². The maximum Gasteiger partial charge on any atom is 0.222 e. The molecular weight excluding hydrogens is 314 g/mol. The van der Waals surface area contributed by atoms with Crippen LogP contribution in [0, 0.1) is 0 Å². The molecule has 4 rings (SSSR count). The van der Waals surface area contributed by atoms with Gasteiger partial charge in [0.05, 0.1) is 0 Å². The second-order valence-electron chi connectivity index (χ2n) is 7.18. The molecule has 2 aliphatic rings. The van der Waals surface area contributed by atoms with Gasteiger partial charge in [0.25, 0.3) is 0 Å². The highest BCUT2D eigenvalue weighted by Gasteiger charge is 2.20. The van der Waals surface area contributed by atoms with Crippen LogP contribution in [-0.2, 0) is 29.0 Å². The van der Waals surface area contributed by atoms with Gasteiger partial charge in [0.15, 0.2) is 0 Å². The zero-order valence-electron chi connectivity index (χ0n) is 14.6. The number of hydrogen-bond donors (Lipinski definition) is 2. The lowest BCUT2D eigenvalue weighted by molar-refractivity contribution is -0.128. The highest BCUT2D eigenvalue weighted by Crippen LogP contribution is 2.29. The van der Waals surface area contributed by atoms with E-state index in [1.807, 2.05) is 0 Å². The number of carbonyl (C=O) groups is 2. The first-order valence-electron chi connectivity index (χ1n) is 9.37. The van der Waals surface area contributed by atoms with Gasteiger partial charge in [-0.3, -0.25) is 9.59 Å². The van der Waals surface area contributed by atoms with Gasteiger partial charge in [0, 0.05) is 49.1 Å². The molecule has 2 heterocycles. The molecule has 1 aromatic heterocycles. The predicted octanol–water partition coefficient (Wildman–Crippen LogP) is 2.68. The summed E-state index contributed by atoms with van der Waals surface area (Å²) >= 11 is 0. The number of aryl methyl sites for hydroxylation is 2. The van der Waals surface area contributed by atoms with Crippen LogP contribution in [0.25, 0.3) is 10.9 Å². The number of amides is 2. The molecule has 0 unspecified atom stereocenters. The number of hydrogen-bond acceptors (Lipinski definition) is 2. The van der Waals surface area contributed by atoms with Crippen LogP contribution in [0.1, 0.15) is 48.9 Å². The summed E-state index contributed by atoms with van der Waals surface area (Å²) in [6, 6.07) is 6.41. The molecule has 1 saturated heterocycles. The topological polar surface area (TPSA) is 65.2 Å². The van der Waals surface area contributed by atoms with Crippen LogP contribution in [0.2, 0.25) is 0 Å². The summed E-state index contributed by atoms with van der Waals surface area (Å²) in [6.45, 7) is 1.87. The Kier molecular flexibility index (Phi) is 4.47. The molecule has 1 aliphatic carbocycles. The quantitative estimate of drug-likeness (QED) is 0.879. The second kappa shape index (κ2) is 6.90. The van der Waals surface area contributed by atoms with E-state index in [4.69, 9.17) is 0 Å². The van der Waals surface area contributed by atoms with E-state index in [9.17, 15) is 9.59 Å². The van der Waals surface area contributed by atoms with Gasteiger partial charge in [0.2, 0.25) is 11.8 Å². The fraction of sp³-hybridized carbons (Fsp3) is 0.500. The van der Waals surface area contributed by atoms with Gasteiger partial charge in [-0.1, -0.05) is 6.07 Å². The Bertz CT molecular complexity index is 809. The normalized spacial score (nSPS) is 17.1. The van der Waals surface area contributed by atoms with Crippen molar-refractivity contribution in [2.45, 2.75) is 51.5 Å². The van der Waals surface area contributed by atoms with E-state index in [0.717, 1.165) is 31.4 Å². The Balaban J connectivity index is 1.36. The smallest absolute Gasteiger partial charge is 0.222 e. The molecule has 1 aromatic carbocycles. The Morgan fingerprint density at radius 1 is 1.16 bits per heavy atom. The molecule has 1 aliphatic heterocycles. The van der Waals surface area contributed by atoms with E-state index in [2.05, 4.69) is 28.5 Å². The third-order valence-corrected chi connectivity index (χ3v) is 5.43. The van der Waals surface area contributed by atoms with Gasteiger partial charge >= 0.3 is 0 Å². The molecule has 0 bridgehead atoms. The highest BCUT2D eigenvalue weighted by molar-refractivity contribution is 5.86. The van der Waals surface area contributed by atoms with Crippen molar-refractivity contribution < 1.29 is 9.59 Å². The maximum atomic E-state index is 12.1. The minimum Gasteiger partial charge on any atom is -0.358 e. The van der Waals surface area contributed by atoms with Crippen LogP contribution in [0.5, 0.6) is 0 Å². The number of rotatable bonds is 5. The van der Waals surface area contributed by atoms with Crippen molar-refractivity contribution in [1.82, 2.24) is 15.2 Å². The number of H-pyrrole nitrogens is 1. The number of nitrogens with zero attached hydrogens (tertiary/aromatic N) is 1. The lowest BCUT2D eigenvalue weighted by Gasteiger charge is -2.15. The summed E-state index contributed by atoms with van der Waals surface area (Å²) in [5, 5.41) is 4.30. The number of likely N-dealkylation sites (tertiary alicyclic amines) is 1. The molecular formula is C20H25N3O2. The number of aromatic nitrogens is 1. The first-order valence-corrected chi connectivity index (χ1v) is 9.37. The molecule has 0 radical (unpaired) electrons. The molecule has 132 valence electrons. The number of aromatic amines is 1. The molecule has 2 amide bonds. The number of benzene rings is 1. The molecule has 2 aromatic rings. The number of nitrogens with one attached hydrogen (secondary N) is 2. The summed E-state index contributed by atoms with van der Waals surface area (Å²) in [5.41, 5.74) is 5.18. The first kappa shape index (κ1) is 16.2. The zero-order valence-corrected chi connectivity index (χ0v) is 14.6. The standard InChI is InChI=1S/C20H25N3O2/c24-19(9-11-23-10-3-6-20(23)25)21-13-14-7-8-18-16(12-14)15-4-1-2-5-17(15)22-18/h7-8,12,22H,1-6,9-11,13H2,(H,21,24). The SMILES string of the molecule is O=C(CCN1CCCC1=O)NCc1ccc2[nH]c3c(c2c1)CCCC3. The van der Waals surface area contributed by atoms with E-state index < -0.39 is 0 Å². The van der Waals surface area contributed by atoms with Crippen molar-refractivity contribution in [2.24, 2.45) is 0 Å². The van der Waals surface area contributed by atoms with Crippen molar-refractivity contribution in [3.05, 3.63) is 35.0 Å². The lowest BCUT2D eigenvalue weighted by Crippen LogP contribution is -2.31. The number of fused-ring (bicyclic) bond motifs is 3. The minimum atomic E-state index is 0.0101. The van der Waals surface area contributed by atoms with Gasteiger partial charge in [-0.15, -0.1) is 0 Å². The van der Waals surface area contributed by atoms with Crippen molar-refractivity contribution >= 4 is 22.7 Å². The third kappa shape index (κ3) is 3.41. The summed E-state index contributed by atoms with van der Waals surface area (Å²) in [5.74, 6) is 0.186. The van der Waals surface area contributed by atoms with Crippen molar-refractivity contribution in [3.8, 4) is 0 Å². The molecule has 1 fully saturated rings. The van der Waals surface area contributed by atoms with Crippen molar-refractivity contribution in [3.63, 3.8) is 0 Å². The van der Waals surface area contributed by atoms with Gasteiger partial charge in [0.1, 0.15) is 0 Å². The third-order valence-electron chi connectivity index (χ3n) is 5.43. The van der Waals surface area contributed by atoms with Gasteiger partial charge in [-0.05, 0) is 55.4 Å². The van der Waals surface area contributed by atoms with E-state index in [1.165, 1.54) is 35.0 Å². The van der Waals surface area contributed by atoms with E-state index in [-0.39, 0.29) is 11.8 Å². The summed E-state index contributed by atoms with van der Waals surface area (Å²) < 4.78 is 0. The van der Waals surface area contributed by atoms with E-state index in [1.54, 1.807) is 4.90 Å². The molecule has 0 spiro atoms. The monoisotopic (exact) mass is 339 g/mol. The first-order chi connectivity index (χ1) is 12.2. The summed E-state index contributed by atoms with van der Waals surface area (Å²) in [6.07, 6.45) is 6.75. The average molecular weight is 339 g/mol. The van der Waals surface area contributed by atoms with Crippen LogP contribution in [0.3, 0.4) is 0 Å². The summed E-state index contributed by atoms with van der Waals surface area (Å²) in [7, 11) is 0. The maximum absolute atomic E-state index is 12.1. The lowest BCUT2D eigenvalue weighted by atomic mass is 9.95. The van der Waals surface area contributed by atoms with Crippen molar-refractivity contribution in [1.29, 1.82) is 0 Å². The second-order valence-corrected chi connectivity index (χ2v) is 7.18. The Morgan fingerprint density at radius 3 is 2.88 bits per heavy atom. The van der Waals surface area contributed by atoms with Crippen LogP contribution in [0.15, 0.2) is 18.2 Å². The number of carbonyl (C=O) groups excluding carboxylic acids is 2. The van der Waals surface area contributed by atoms with Crippen LogP contribution in [0.4, 0.5) is 0 Å². The summed E-state index contributed by atoms with van der Waals surface area (Å²) in [4.78, 5) is 29.0. The van der Waals surface area contributed by atoms with Crippen LogP contribution >= 0.6 is 0 Å². The fourth-order valence-corrected chi connectivity index (χ4v) is 4.03. The Labute approximate surface area is 147 Å². The largest absolute Gasteiger partial charge is 0.358 e. The average Bonchev–Trinajstić information content (AvgIpc) is 3.21. The Morgan fingerprint density at radius 2 is 2.04 bits per heavy atom. The predicted molar refractivity (Wildman–Crippen MR) is 97.2 cm³/mol. The van der Waals surface area contributed by atoms with Crippen molar-refractivity contribution in [2.75, 3.05) is 13.1 Å². The molecule has 25 heavy (non-hydrogen) atoms. The minimum absolute atomic E-state index is 0.0101. The molecule has 0 saturated carbocycles. The fourth-order valence-electron chi connectivity index (χ4n) is 4.03. The Hall–Kier alpha value is -2.30. The van der Waals surface area contributed by atoms with Gasteiger partial charge in [-0.2, -0.15) is 0 Å². The molecule has 2 N–H and O–H groups in total. The molecule has 5 nitrogen and oxygen atoms in total. The zero-order chi connectivity index (χ0) is 17.2. The van der Waals surface area contributed by atoms with Crippen LogP contribution in [-0.4, -0.2) is 34.8 Å². The van der Waals surface area contributed by atoms with Gasteiger partial charge < -0.3 is 15.2 Å². The molecule has 0 atom stereocenters. The van der Waals surface area contributed by atoms with Crippen LogP contribution < -0.4 is 5.32 Å². The van der Waals surface area contributed by atoms with E-state index >= 15 is 0 Å². The molecule has 5 heteroatoms. The van der Waals surface area contributed by atoms with Gasteiger partial charge in [-0.25, -0.2) is 0 Å². The highest BCUT2D eigenvalue weighted by atomic mass is 16.2.